The van der Waals surface area contributed by atoms with E-state index in [1.165, 1.54) is 6.08 Å². The van der Waals surface area contributed by atoms with E-state index in [1.807, 2.05) is 18.2 Å². The van der Waals surface area contributed by atoms with Gasteiger partial charge in [-0.05, 0) is 18.2 Å². The second kappa shape index (κ2) is 3.23. The van der Waals surface area contributed by atoms with Crippen LogP contribution in [0.2, 0.25) is 0 Å². The molecule has 0 unspecified atom stereocenters. The number of aromatic nitrogens is 2. The first-order valence-electron chi connectivity index (χ1n) is 3.96. The van der Waals surface area contributed by atoms with Gasteiger partial charge in [0.05, 0.1) is 17.4 Å². The summed E-state index contributed by atoms with van der Waals surface area (Å²) in [5, 5.41) is 0. The van der Waals surface area contributed by atoms with Crippen LogP contribution in [-0.4, -0.2) is 16.3 Å². The number of nitrogens with zero attached hydrogens (tertiary/aromatic N) is 1. The molecule has 0 bridgehead atoms. The van der Waals surface area contributed by atoms with E-state index in [9.17, 15) is 4.79 Å². The molecule has 2 aromatic rings. The highest BCUT2D eigenvalue weighted by Gasteiger charge is 1.98. The molecule has 0 radical (unpaired) electrons. The lowest BCUT2D eigenvalue weighted by atomic mass is 10.2. The standard InChI is InChI=1S/C10H8N2O/c13-6-2-4-8-3-1-5-9-10(8)12-7-11-9/h1-7H,(H,11,12). The average Bonchev–Trinajstić information content (AvgIpc) is 2.62. The Balaban J connectivity index is 2.60. The van der Waals surface area contributed by atoms with Crippen LogP contribution in [0.4, 0.5) is 0 Å². The van der Waals surface area contributed by atoms with Crippen LogP contribution in [0, 0.1) is 0 Å². The lowest BCUT2D eigenvalue weighted by Crippen LogP contribution is -1.76. The van der Waals surface area contributed by atoms with Crippen molar-refractivity contribution in [3.8, 4) is 0 Å². The van der Waals surface area contributed by atoms with E-state index in [2.05, 4.69) is 9.97 Å². The quantitative estimate of drug-likeness (QED) is 0.554. The molecule has 0 aliphatic carbocycles. The molecular weight excluding hydrogens is 164 g/mol. The third-order valence-electron chi connectivity index (χ3n) is 1.84. The number of para-hydroxylation sites is 1. The van der Waals surface area contributed by atoms with Crippen LogP contribution < -0.4 is 0 Å². The lowest BCUT2D eigenvalue weighted by molar-refractivity contribution is -0.104. The van der Waals surface area contributed by atoms with Crippen molar-refractivity contribution in [2.24, 2.45) is 0 Å². The molecule has 0 spiro atoms. The van der Waals surface area contributed by atoms with Gasteiger partial charge in [0, 0.05) is 5.56 Å². The largest absolute Gasteiger partial charge is 0.345 e. The van der Waals surface area contributed by atoms with Crippen molar-refractivity contribution in [3.63, 3.8) is 0 Å². The van der Waals surface area contributed by atoms with Gasteiger partial charge in [-0.2, -0.15) is 0 Å². The van der Waals surface area contributed by atoms with E-state index in [0.717, 1.165) is 22.9 Å². The van der Waals surface area contributed by atoms with Crippen LogP contribution in [0.1, 0.15) is 5.56 Å². The Labute approximate surface area is 75.1 Å². The van der Waals surface area contributed by atoms with Crippen molar-refractivity contribution >= 4 is 23.4 Å². The van der Waals surface area contributed by atoms with Crippen molar-refractivity contribution in [1.29, 1.82) is 0 Å². The minimum absolute atomic E-state index is 0.755. The summed E-state index contributed by atoms with van der Waals surface area (Å²) < 4.78 is 0. The minimum Gasteiger partial charge on any atom is -0.345 e. The molecule has 1 N–H and O–H groups in total. The third-order valence-corrected chi connectivity index (χ3v) is 1.84. The number of nitrogens with one attached hydrogen (secondary N) is 1. The van der Waals surface area contributed by atoms with Crippen LogP contribution in [0.15, 0.2) is 30.6 Å². The maximum absolute atomic E-state index is 10.1. The van der Waals surface area contributed by atoms with Crippen molar-refractivity contribution in [3.05, 3.63) is 36.2 Å². The van der Waals surface area contributed by atoms with Crippen molar-refractivity contribution in [1.82, 2.24) is 9.97 Å². The predicted octanol–water partition coefficient (Wildman–Crippen LogP) is 1.77. The van der Waals surface area contributed by atoms with Gasteiger partial charge in [-0.1, -0.05) is 12.1 Å². The monoisotopic (exact) mass is 172 g/mol. The number of fused-ring (bicyclic) bond motifs is 1. The fraction of sp³-hybridized carbons (Fsp3) is 0. The smallest absolute Gasteiger partial charge is 0.142 e. The zero-order chi connectivity index (χ0) is 9.10. The van der Waals surface area contributed by atoms with Crippen molar-refractivity contribution in [2.45, 2.75) is 0 Å². The summed E-state index contributed by atoms with van der Waals surface area (Å²) in [7, 11) is 0. The van der Waals surface area contributed by atoms with Crippen LogP contribution in [0.5, 0.6) is 0 Å². The maximum Gasteiger partial charge on any atom is 0.142 e. The summed E-state index contributed by atoms with van der Waals surface area (Å²) in [5.41, 5.74) is 2.82. The molecule has 3 heteroatoms. The van der Waals surface area contributed by atoms with E-state index in [0.29, 0.717) is 0 Å². The summed E-state index contributed by atoms with van der Waals surface area (Å²) in [5.74, 6) is 0. The number of aromatic amines is 1. The number of allylic oxidation sites excluding steroid dienone is 1. The molecule has 0 amide bonds. The summed E-state index contributed by atoms with van der Waals surface area (Å²) in [4.78, 5) is 17.3. The molecule has 0 aliphatic rings. The van der Waals surface area contributed by atoms with Gasteiger partial charge in [0.2, 0.25) is 0 Å². The van der Waals surface area contributed by atoms with E-state index in [4.69, 9.17) is 0 Å². The summed E-state index contributed by atoms with van der Waals surface area (Å²) in [6.07, 6.45) is 5.61. The van der Waals surface area contributed by atoms with Gasteiger partial charge in [0.15, 0.2) is 0 Å². The zero-order valence-corrected chi connectivity index (χ0v) is 6.90. The topological polar surface area (TPSA) is 45.8 Å². The van der Waals surface area contributed by atoms with Crippen LogP contribution in [-0.2, 0) is 4.79 Å². The first-order valence-corrected chi connectivity index (χ1v) is 3.96. The van der Waals surface area contributed by atoms with Gasteiger partial charge in [0.25, 0.3) is 0 Å². The van der Waals surface area contributed by atoms with Gasteiger partial charge in [-0.25, -0.2) is 4.98 Å². The van der Waals surface area contributed by atoms with Crippen LogP contribution in [0.25, 0.3) is 17.1 Å². The first-order chi connectivity index (χ1) is 6.42. The van der Waals surface area contributed by atoms with E-state index >= 15 is 0 Å². The normalized spacial score (nSPS) is 11.1. The number of carbonyl (C=O) groups excluding carboxylic acids is 1. The highest BCUT2D eigenvalue weighted by Crippen LogP contribution is 2.15. The molecule has 64 valence electrons. The van der Waals surface area contributed by atoms with Gasteiger partial charge < -0.3 is 4.98 Å². The second-order valence-electron chi connectivity index (χ2n) is 2.64. The minimum atomic E-state index is 0.755. The molecule has 1 aromatic carbocycles. The molecule has 13 heavy (non-hydrogen) atoms. The number of hydrogen-bond donors (Lipinski definition) is 1. The molecule has 0 saturated carbocycles. The fourth-order valence-electron chi connectivity index (χ4n) is 1.27. The van der Waals surface area contributed by atoms with Crippen molar-refractivity contribution < 1.29 is 4.79 Å². The van der Waals surface area contributed by atoms with Crippen molar-refractivity contribution in [2.75, 3.05) is 0 Å². The molecule has 2 rings (SSSR count). The van der Waals surface area contributed by atoms with E-state index in [-0.39, 0.29) is 0 Å². The second-order valence-corrected chi connectivity index (χ2v) is 2.64. The van der Waals surface area contributed by atoms with Crippen LogP contribution in [0.3, 0.4) is 0 Å². The summed E-state index contributed by atoms with van der Waals surface area (Å²) in [6, 6.07) is 5.79. The molecule has 0 aliphatic heterocycles. The van der Waals surface area contributed by atoms with E-state index in [1.54, 1.807) is 12.4 Å². The lowest BCUT2D eigenvalue weighted by Gasteiger charge is -1.92. The first kappa shape index (κ1) is 7.73. The zero-order valence-electron chi connectivity index (χ0n) is 6.90. The Hall–Kier alpha value is -1.90. The highest BCUT2D eigenvalue weighted by atomic mass is 16.1. The Morgan fingerprint density at radius 2 is 2.31 bits per heavy atom. The van der Waals surface area contributed by atoms with Gasteiger partial charge in [-0.3, -0.25) is 4.79 Å². The number of hydrogen-bond acceptors (Lipinski definition) is 2. The Kier molecular flexibility index (Phi) is 1.92. The number of benzene rings is 1. The van der Waals surface area contributed by atoms with Gasteiger partial charge >= 0.3 is 0 Å². The fourth-order valence-corrected chi connectivity index (χ4v) is 1.27. The summed E-state index contributed by atoms with van der Waals surface area (Å²) >= 11 is 0. The average molecular weight is 172 g/mol. The molecule has 1 heterocycles. The number of imidazole rings is 1. The summed E-state index contributed by atoms with van der Waals surface area (Å²) in [6.45, 7) is 0. The van der Waals surface area contributed by atoms with Crippen LogP contribution >= 0.6 is 0 Å². The Bertz CT molecular complexity index is 457. The molecule has 1 aromatic heterocycles. The molecule has 0 saturated heterocycles. The number of aldehydes is 1. The van der Waals surface area contributed by atoms with Gasteiger partial charge in [-0.15, -0.1) is 0 Å². The number of carbonyl (C=O) groups is 1. The maximum atomic E-state index is 10.1. The molecular formula is C10H8N2O. The molecule has 3 nitrogen and oxygen atoms in total. The SMILES string of the molecule is O=CC=Cc1cccc2[nH]cnc12. The Morgan fingerprint density at radius 1 is 1.38 bits per heavy atom. The predicted molar refractivity (Wildman–Crippen MR) is 51.2 cm³/mol. The van der Waals surface area contributed by atoms with E-state index < -0.39 is 0 Å². The number of H-pyrrole nitrogens is 1. The molecule has 0 atom stereocenters. The highest BCUT2D eigenvalue weighted by molar-refractivity contribution is 5.87. The Morgan fingerprint density at radius 3 is 3.15 bits per heavy atom. The number of rotatable bonds is 2. The third kappa shape index (κ3) is 1.36. The van der Waals surface area contributed by atoms with Gasteiger partial charge in [0.1, 0.15) is 6.29 Å². The molecule has 0 fully saturated rings.